The van der Waals surface area contributed by atoms with Gasteiger partial charge < -0.3 is 10.1 Å². The van der Waals surface area contributed by atoms with Crippen molar-refractivity contribution in [2.24, 2.45) is 0 Å². The SMILES string of the molecule is O=C(NCc1ccc(F)cc1)c1cc(COc2ccc3ccccc3c2)cs1. The average Bonchev–Trinajstić information content (AvgIpc) is 3.21. The third-order valence-electron chi connectivity index (χ3n) is 4.37. The van der Waals surface area contributed by atoms with E-state index < -0.39 is 0 Å². The Hall–Kier alpha value is -3.18. The van der Waals surface area contributed by atoms with Crippen molar-refractivity contribution in [2.45, 2.75) is 13.2 Å². The largest absolute Gasteiger partial charge is 0.489 e. The Morgan fingerprint density at radius 1 is 0.929 bits per heavy atom. The summed E-state index contributed by atoms with van der Waals surface area (Å²) in [7, 11) is 0. The highest BCUT2D eigenvalue weighted by Crippen LogP contribution is 2.22. The van der Waals surface area contributed by atoms with Gasteiger partial charge in [-0.05, 0) is 52.0 Å². The second-order valence-corrected chi connectivity index (χ2v) is 7.34. The molecule has 0 fully saturated rings. The van der Waals surface area contributed by atoms with Crippen molar-refractivity contribution < 1.29 is 13.9 Å². The number of benzene rings is 3. The number of carbonyl (C=O) groups excluding carboxylic acids is 1. The fraction of sp³-hybridized carbons (Fsp3) is 0.0870. The minimum atomic E-state index is -0.288. The van der Waals surface area contributed by atoms with Gasteiger partial charge in [0.2, 0.25) is 0 Å². The van der Waals surface area contributed by atoms with Crippen molar-refractivity contribution >= 4 is 28.0 Å². The minimum Gasteiger partial charge on any atom is -0.489 e. The molecule has 0 aliphatic carbocycles. The van der Waals surface area contributed by atoms with Crippen LogP contribution in [-0.4, -0.2) is 5.91 Å². The molecule has 3 aromatic carbocycles. The maximum atomic E-state index is 12.9. The predicted molar refractivity (Wildman–Crippen MR) is 110 cm³/mol. The van der Waals surface area contributed by atoms with Crippen molar-refractivity contribution in [1.82, 2.24) is 5.32 Å². The van der Waals surface area contributed by atoms with E-state index in [-0.39, 0.29) is 11.7 Å². The van der Waals surface area contributed by atoms with Gasteiger partial charge in [0.05, 0.1) is 4.88 Å². The van der Waals surface area contributed by atoms with E-state index in [1.165, 1.54) is 28.9 Å². The number of rotatable bonds is 6. The van der Waals surface area contributed by atoms with E-state index in [1.54, 1.807) is 12.1 Å². The molecule has 4 rings (SSSR count). The molecule has 140 valence electrons. The van der Waals surface area contributed by atoms with E-state index in [0.29, 0.717) is 18.0 Å². The second kappa shape index (κ2) is 8.23. The quantitative estimate of drug-likeness (QED) is 0.468. The van der Waals surface area contributed by atoms with Gasteiger partial charge in [0, 0.05) is 12.1 Å². The normalized spacial score (nSPS) is 10.8. The van der Waals surface area contributed by atoms with Gasteiger partial charge in [0.25, 0.3) is 5.91 Å². The van der Waals surface area contributed by atoms with Gasteiger partial charge in [0.15, 0.2) is 0 Å². The highest BCUT2D eigenvalue weighted by atomic mass is 32.1. The second-order valence-electron chi connectivity index (χ2n) is 6.43. The van der Waals surface area contributed by atoms with Gasteiger partial charge in [-0.2, -0.15) is 0 Å². The summed E-state index contributed by atoms with van der Waals surface area (Å²) in [6, 6.07) is 22.1. The average molecular weight is 391 g/mol. The maximum Gasteiger partial charge on any atom is 0.261 e. The first kappa shape index (κ1) is 18.2. The number of thiophene rings is 1. The number of carbonyl (C=O) groups is 1. The number of hydrogen-bond donors (Lipinski definition) is 1. The van der Waals surface area contributed by atoms with Crippen LogP contribution in [0.25, 0.3) is 10.8 Å². The summed E-state index contributed by atoms with van der Waals surface area (Å²) < 4.78 is 18.8. The van der Waals surface area contributed by atoms with Crippen LogP contribution >= 0.6 is 11.3 Å². The molecule has 3 nitrogen and oxygen atoms in total. The van der Waals surface area contributed by atoms with E-state index in [4.69, 9.17) is 4.74 Å². The summed E-state index contributed by atoms with van der Waals surface area (Å²) in [6.45, 7) is 0.764. The van der Waals surface area contributed by atoms with E-state index in [0.717, 1.165) is 22.3 Å². The number of fused-ring (bicyclic) bond motifs is 1. The molecule has 1 heterocycles. The van der Waals surface area contributed by atoms with Crippen molar-refractivity contribution in [2.75, 3.05) is 0 Å². The van der Waals surface area contributed by atoms with Crippen LogP contribution in [0.1, 0.15) is 20.8 Å². The molecule has 0 radical (unpaired) electrons. The van der Waals surface area contributed by atoms with E-state index >= 15 is 0 Å². The molecule has 1 N–H and O–H groups in total. The van der Waals surface area contributed by atoms with Crippen LogP contribution in [0.3, 0.4) is 0 Å². The first-order valence-electron chi connectivity index (χ1n) is 8.89. The van der Waals surface area contributed by atoms with Crippen LogP contribution in [0.2, 0.25) is 0 Å². The molecule has 0 spiro atoms. The maximum absolute atomic E-state index is 12.9. The lowest BCUT2D eigenvalue weighted by molar-refractivity contribution is 0.0955. The standard InChI is InChI=1S/C23H18FNO2S/c24-20-8-5-16(6-9-20)13-25-23(26)22-11-17(15-28-22)14-27-21-10-7-18-3-1-2-4-19(18)12-21/h1-12,15H,13-14H2,(H,25,26). The van der Waals surface area contributed by atoms with Gasteiger partial charge in [-0.25, -0.2) is 4.39 Å². The number of amides is 1. The molecule has 5 heteroatoms. The summed E-state index contributed by atoms with van der Waals surface area (Å²) in [4.78, 5) is 12.9. The first-order valence-corrected chi connectivity index (χ1v) is 9.77. The van der Waals surface area contributed by atoms with E-state index in [2.05, 4.69) is 17.4 Å². The third kappa shape index (κ3) is 4.38. The first-order chi connectivity index (χ1) is 13.7. The lowest BCUT2D eigenvalue weighted by Gasteiger charge is -2.06. The zero-order valence-electron chi connectivity index (χ0n) is 15.0. The Kier molecular flexibility index (Phi) is 5.35. The fourth-order valence-corrected chi connectivity index (χ4v) is 3.68. The number of nitrogens with one attached hydrogen (secondary N) is 1. The summed E-state index contributed by atoms with van der Waals surface area (Å²) >= 11 is 1.38. The zero-order valence-corrected chi connectivity index (χ0v) is 15.8. The molecule has 0 aliphatic heterocycles. The van der Waals surface area contributed by atoms with Gasteiger partial charge in [0.1, 0.15) is 18.2 Å². The molecule has 1 aromatic heterocycles. The lowest BCUT2D eigenvalue weighted by atomic mass is 10.1. The molecule has 1 amide bonds. The molecule has 28 heavy (non-hydrogen) atoms. The Morgan fingerprint density at radius 3 is 2.54 bits per heavy atom. The number of hydrogen-bond acceptors (Lipinski definition) is 3. The van der Waals surface area contributed by atoms with Crippen LogP contribution in [0, 0.1) is 5.82 Å². The zero-order chi connectivity index (χ0) is 19.3. The lowest BCUT2D eigenvalue weighted by Crippen LogP contribution is -2.21. The summed E-state index contributed by atoms with van der Waals surface area (Å²) in [5, 5.41) is 7.08. The summed E-state index contributed by atoms with van der Waals surface area (Å²) in [5.41, 5.74) is 1.80. The molecule has 0 unspecified atom stereocenters. The molecule has 0 atom stereocenters. The molecular formula is C23H18FNO2S. The van der Waals surface area contributed by atoms with Crippen LogP contribution in [0.4, 0.5) is 4.39 Å². The highest BCUT2D eigenvalue weighted by molar-refractivity contribution is 7.12. The highest BCUT2D eigenvalue weighted by Gasteiger charge is 2.09. The van der Waals surface area contributed by atoms with Crippen molar-refractivity contribution in [1.29, 1.82) is 0 Å². The minimum absolute atomic E-state index is 0.147. The molecule has 0 aliphatic rings. The number of ether oxygens (including phenoxy) is 1. The van der Waals surface area contributed by atoms with E-state index in [1.807, 2.05) is 41.8 Å². The smallest absolute Gasteiger partial charge is 0.261 e. The monoisotopic (exact) mass is 391 g/mol. The fourth-order valence-electron chi connectivity index (χ4n) is 2.87. The third-order valence-corrected chi connectivity index (χ3v) is 5.35. The van der Waals surface area contributed by atoms with Crippen LogP contribution < -0.4 is 10.1 Å². The van der Waals surface area contributed by atoms with Crippen molar-refractivity contribution in [3.05, 3.63) is 100.0 Å². The topological polar surface area (TPSA) is 38.3 Å². The molecule has 4 aromatic rings. The molecular weight excluding hydrogens is 373 g/mol. The number of halogens is 1. The molecule has 0 bridgehead atoms. The molecule has 0 saturated heterocycles. The van der Waals surface area contributed by atoms with Gasteiger partial charge in [-0.15, -0.1) is 11.3 Å². The Morgan fingerprint density at radius 2 is 1.71 bits per heavy atom. The van der Waals surface area contributed by atoms with E-state index in [9.17, 15) is 9.18 Å². The van der Waals surface area contributed by atoms with Gasteiger partial charge >= 0.3 is 0 Å². The van der Waals surface area contributed by atoms with Crippen LogP contribution in [-0.2, 0) is 13.2 Å². The molecule has 0 saturated carbocycles. The Labute approximate surface area is 166 Å². The van der Waals surface area contributed by atoms with Gasteiger partial charge in [-0.1, -0.05) is 42.5 Å². The summed E-state index contributed by atoms with van der Waals surface area (Å²) in [6.07, 6.45) is 0. The summed E-state index contributed by atoms with van der Waals surface area (Å²) in [5.74, 6) is 0.364. The predicted octanol–water partition coefficient (Wildman–Crippen LogP) is 5.55. The Balaban J connectivity index is 1.34. The van der Waals surface area contributed by atoms with Crippen molar-refractivity contribution in [3.63, 3.8) is 0 Å². The van der Waals surface area contributed by atoms with Gasteiger partial charge in [-0.3, -0.25) is 4.79 Å². The van der Waals surface area contributed by atoms with Crippen LogP contribution in [0.5, 0.6) is 5.75 Å². The van der Waals surface area contributed by atoms with Crippen LogP contribution in [0.15, 0.2) is 78.2 Å². The van der Waals surface area contributed by atoms with Crippen molar-refractivity contribution in [3.8, 4) is 5.75 Å². The Bertz CT molecular complexity index is 1110.